The molecule has 160 valence electrons. The Kier molecular flexibility index (Phi) is 7.14. The van der Waals surface area contributed by atoms with Crippen molar-refractivity contribution in [3.05, 3.63) is 94.5 Å². The van der Waals surface area contributed by atoms with Crippen molar-refractivity contribution in [2.75, 3.05) is 5.75 Å². The van der Waals surface area contributed by atoms with Crippen LogP contribution in [0.2, 0.25) is 0 Å². The molecule has 0 aliphatic heterocycles. The van der Waals surface area contributed by atoms with Crippen molar-refractivity contribution < 1.29 is 4.79 Å². The average molecular weight is 506 g/mol. The van der Waals surface area contributed by atoms with Crippen molar-refractivity contribution in [1.29, 1.82) is 0 Å². The highest BCUT2D eigenvalue weighted by Gasteiger charge is 2.17. The van der Waals surface area contributed by atoms with Gasteiger partial charge in [0.15, 0.2) is 11.0 Å². The highest BCUT2D eigenvalue weighted by atomic mass is 79.9. The van der Waals surface area contributed by atoms with Gasteiger partial charge in [0, 0.05) is 15.7 Å². The standard InChI is InChI=1S/C24H20BrN5OS/c1-17-7-13-21(14-8-17)30-23(19-5-3-2-4-6-19)28-29-24(30)32-16-22(31)27-26-15-18-9-11-20(25)12-10-18/h2-15H,16H2,1H3,(H,27,31)/b26-15+. The Morgan fingerprint density at radius 1 is 1.03 bits per heavy atom. The Hall–Kier alpha value is -3.23. The fraction of sp³-hybridized carbons (Fsp3) is 0.0833. The number of thioether (sulfide) groups is 1. The highest BCUT2D eigenvalue weighted by Crippen LogP contribution is 2.28. The summed E-state index contributed by atoms with van der Waals surface area (Å²) in [6.45, 7) is 2.04. The maximum absolute atomic E-state index is 12.3. The first-order valence-corrected chi connectivity index (χ1v) is 11.7. The molecular formula is C24H20BrN5OS. The third-order valence-electron chi connectivity index (χ3n) is 4.56. The van der Waals surface area contributed by atoms with Crippen LogP contribution in [0.1, 0.15) is 11.1 Å². The number of halogens is 1. The van der Waals surface area contributed by atoms with Gasteiger partial charge in [-0.1, -0.05) is 87.9 Å². The van der Waals surface area contributed by atoms with Gasteiger partial charge in [-0.25, -0.2) is 5.43 Å². The number of amides is 1. The Labute approximate surface area is 198 Å². The Morgan fingerprint density at radius 3 is 2.47 bits per heavy atom. The summed E-state index contributed by atoms with van der Waals surface area (Å²) in [5.74, 6) is 0.671. The number of carbonyl (C=O) groups is 1. The lowest BCUT2D eigenvalue weighted by molar-refractivity contribution is -0.118. The molecule has 0 atom stereocenters. The SMILES string of the molecule is Cc1ccc(-n2c(SCC(=O)N/N=C/c3ccc(Br)cc3)nnc2-c2ccccc2)cc1. The minimum Gasteiger partial charge on any atom is -0.272 e. The fourth-order valence-corrected chi connectivity index (χ4v) is 3.96. The second-order valence-corrected chi connectivity index (χ2v) is 8.83. The third kappa shape index (κ3) is 5.52. The summed E-state index contributed by atoms with van der Waals surface area (Å²) in [6.07, 6.45) is 1.61. The molecule has 0 fully saturated rings. The topological polar surface area (TPSA) is 72.2 Å². The van der Waals surface area contributed by atoms with Gasteiger partial charge in [-0.05, 0) is 36.8 Å². The predicted molar refractivity (Wildman–Crippen MR) is 132 cm³/mol. The minimum atomic E-state index is -0.219. The second-order valence-electron chi connectivity index (χ2n) is 6.98. The number of hydrogen-bond acceptors (Lipinski definition) is 5. The third-order valence-corrected chi connectivity index (χ3v) is 6.02. The number of rotatable bonds is 7. The minimum absolute atomic E-state index is 0.163. The van der Waals surface area contributed by atoms with Crippen LogP contribution < -0.4 is 5.43 Å². The van der Waals surface area contributed by atoms with Gasteiger partial charge in [0.25, 0.3) is 5.91 Å². The molecule has 3 aromatic carbocycles. The first-order chi connectivity index (χ1) is 15.6. The predicted octanol–water partition coefficient (Wildman–Crippen LogP) is 5.25. The van der Waals surface area contributed by atoms with Crippen LogP contribution in [0.4, 0.5) is 0 Å². The molecule has 8 heteroatoms. The maximum atomic E-state index is 12.3. The molecule has 1 amide bonds. The number of carbonyl (C=O) groups excluding carboxylic acids is 1. The van der Waals surface area contributed by atoms with Gasteiger partial charge >= 0.3 is 0 Å². The van der Waals surface area contributed by atoms with Gasteiger partial charge in [-0.3, -0.25) is 9.36 Å². The van der Waals surface area contributed by atoms with Gasteiger partial charge in [0.2, 0.25) is 0 Å². The molecule has 4 aromatic rings. The van der Waals surface area contributed by atoms with Crippen molar-refractivity contribution in [3.63, 3.8) is 0 Å². The van der Waals surface area contributed by atoms with Crippen LogP contribution in [0.3, 0.4) is 0 Å². The van der Waals surface area contributed by atoms with E-state index < -0.39 is 0 Å². The van der Waals surface area contributed by atoms with Crippen molar-refractivity contribution >= 4 is 39.8 Å². The smallest absolute Gasteiger partial charge is 0.250 e. The van der Waals surface area contributed by atoms with Crippen LogP contribution in [0.15, 0.2) is 93.6 Å². The summed E-state index contributed by atoms with van der Waals surface area (Å²) < 4.78 is 2.96. The fourth-order valence-electron chi connectivity index (χ4n) is 2.95. The molecule has 0 saturated heterocycles. The molecule has 4 rings (SSSR count). The lowest BCUT2D eigenvalue weighted by Gasteiger charge is -2.10. The van der Waals surface area contributed by atoms with E-state index in [-0.39, 0.29) is 11.7 Å². The summed E-state index contributed by atoms with van der Waals surface area (Å²) in [6, 6.07) is 25.7. The molecule has 1 aromatic heterocycles. The quantitative estimate of drug-likeness (QED) is 0.211. The van der Waals surface area contributed by atoms with Gasteiger partial charge in [-0.2, -0.15) is 5.10 Å². The highest BCUT2D eigenvalue weighted by molar-refractivity contribution is 9.10. The van der Waals surface area contributed by atoms with Gasteiger partial charge in [-0.15, -0.1) is 10.2 Å². The van der Waals surface area contributed by atoms with Crippen molar-refractivity contribution in [3.8, 4) is 17.1 Å². The van der Waals surface area contributed by atoms with Crippen LogP contribution in [0.5, 0.6) is 0 Å². The van der Waals surface area contributed by atoms with E-state index in [0.717, 1.165) is 27.1 Å². The van der Waals surface area contributed by atoms with Crippen LogP contribution in [-0.2, 0) is 4.79 Å². The summed E-state index contributed by atoms with van der Waals surface area (Å²) in [7, 11) is 0. The number of hydrazone groups is 1. The number of aryl methyl sites for hydroxylation is 1. The number of benzene rings is 3. The lowest BCUT2D eigenvalue weighted by Crippen LogP contribution is -2.20. The van der Waals surface area contributed by atoms with Crippen molar-refractivity contribution in [1.82, 2.24) is 20.2 Å². The molecule has 0 spiro atoms. The zero-order valence-corrected chi connectivity index (χ0v) is 19.7. The second kappa shape index (κ2) is 10.4. The van der Waals surface area contributed by atoms with Crippen LogP contribution in [0, 0.1) is 6.92 Å². The van der Waals surface area contributed by atoms with Crippen LogP contribution in [0.25, 0.3) is 17.1 Å². The Bertz CT molecular complexity index is 1220. The summed E-state index contributed by atoms with van der Waals surface area (Å²) in [5.41, 5.74) is 6.52. The first-order valence-electron chi connectivity index (χ1n) is 9.88. The molecule has 0 radical (unpaired) electrons. The zero-order valence-electron chi connectivity index (χ0n) is 17.3. The summed E-state index contributed by atoms with van der Waals surface area (Å²) in [5, 5.41) is 13.4. The van der Waals surface area contributed by atoms with Gasteiger partial charge < -0.3 is 0 Å². The van der Waals surface area contributed by atoms with E-state index in [0.29, 0.717) is 5.16 Å². The number of nitrogens with zero attached hydrogens (tertiary/aromatic N) is 4. The number of aromatic nitrogens is 3. The van der Waals surface area contributed by atoms with E-state index in [4.69, 9.17) is 0 Å². The maximum Gasteiger partial charge on any atom is 0.250 e. The largest absolute Gasteiger partial charge is 0.272 e. The van der Waals surface area contributed by atoms with Gasteiger partial charge in [0.05, 0.1) is 12.0 Å². The van der Waals surface area contributed by atoms with E-state index in [1.54, 1.807) is 6.21 Å². The van der Waals surface area contributed by atoms with E-state index in [1.807, 2.05) is 90.4 Å². The molecule has 0 aliphatic rings. The normalized spacial score (nSPS) is 11.1. The van der Waals surface area contributed by atoms with E-state index in [2.05, 4.69) is 36.7 Å². The Balaban J connectivity index is 1.49. The summed E-state index contributed by atoms with van der Waals surface area (Å²) in [4.78, 5) is 12.3. The average Bonchev–Trinajstić information content (AvgIpc) is 3.24. The summed E-state index contributed by atoms with van der Waals surface area (Å²) >= 11 is 4.71. The van der Waals surface area contributed by atoms with E-state index in [9.17, 15) is 4.79 Å². The molecule has 0 saturated carbocycles. The van der Waals surface area contributed by atoms with Crippen LogP contribution in [-0.4, -0.2) is 32.6 Å². The molecule has 0 unspecified atom stereocenters. The van der Waals surface area contributed by atoms with Gasteiger partial charge in [0.1, 0.15) is 0 Å². The molecule has 1 heterocycles. The number of nitrogens with one attached hydrogen (secondary N) is 1. The van der Waals surface area contributed by atoms with E-state index in [1.165, 1.54) is 17.3 Å². The molecule has 6 nitrogen and oxygen atoms in total. The Morgan fingerprint density at radius 2 is 1.75 bits per heavy atom. The molecule has 0 aliphatic carbocycles. The zero-order chi connectivity index (χ0) is 22.3. The monoisotopic (exact) mass is 505 g/mol. The first kappa shape index (κ1) is 22.0. The molecule has 1 N–H and O–H groups in total. The van der Waals surface area contributed by atoms with Crippen LogP contribution >= 0.6 is 27.7 Å². The molecule has 0 bridgehead atoms. The molecular weight excluding hydrogens is 486 g/mol. The molecule has 32 heavy (non-hydrogen) atoms. The lowest BCUT2D eigenvalue weighted by atomic mass is 10.2. The van der Waals surface area contributed by atoms with Crippen molar-refractivity contribution in [2.45, 2.75) is 12.1 Å². The number of hydrogen-bond donors (Lipinski definition) is 1. The van der Waals surface area contributed by atoms with E-state index >= 15 is 0 Å². The van der Waals surface area contributed by atoms with Crippen molar-refractivity contribution in [2.24, 2.45) is 5.10 Å².